The van der Waals surface area contributed by atoms with Crippen molar-refractivity contribution in [3.63, 3.8) is 0 Å². The molecular formula is C10H18N2O2S. The molecule has 1 saturated heterocycles. The smallest absolute Gasteiger partial charge is 0.241 e. The van der Waals surface area contributed by atoms with Crippen LogP contribution in [-0.4, -0.2) is 53.4 Å². The highest BCUT2D eigenvalue weighted by Crippen LogP contribution is 2.14. The van der Waals surface area contributed by atoms with Crippen LogP contribution in [0.4, 0.5) is 0 Å². The van der Waals surface area contributed by atoms with Crippen LogP contribution in [0.25, 0.3) is 0 Å². The van der Waals surface area contributed by atoms with Crippen molar-refractivity contribution >= 4 is 23.6 Å². The van der Waals surface area contributed by atoms with Crippen molar-refractivity contribution in [1.29, 1.82) is 0 Å². The van der Waals surface area contributed by atoms with Crippen LogP contribution >= 0.6 is 11.8 Å². The Kier molecular flexibility index (Phi) is 4.94. The summed E-state index contributed by atoms with van der Waals surface area (Å²) in [5.41, 5.74) is 0. The predicted molar refractivity (Wildman–Crippen MR) is 61.6 cm³/mol. The van der Waals surface area contributed by atoms with Gasteiger partial charge in [0, 0.05) is 13.6 Å². The molecule has 1 fully saturated rings. The number of rotatable bonds is 5. The van der Waals surface area contributed by atoms with E-state index < -0.39 is 0 Å². The predicted octanol–water partition coefficient (Wildman–Crippen LogP) is 0.778. The molecule has 15 heavy (non-hydrogen) atoms. The first-order chi connectivity index (χ1) is 7.15. The number of thioether (sulfide) groups is 1. The van der Waals surface area contributed by atoms with Gasteiger partial charge in [0.2, 0.25) is 11.8 Å². The summed E-state index contributed by atoms with van der Waals surface area (Å²) in [6.07, 6.45) is 2.10. The van der Waals surface area contributed by atoms with Crippen LogP contribution in [-0.2, 0) is 9.59 Å². The zero-order chi connectivity index (χ0) is 11.3. The Bertz CT molecular complexity index is 246. The second kappa shape index (κ2) is 6.00. The van der Waals surface area contributed by atoms with Gasteiger partial charge in [0.25, 0.3) is 0 Å². The number of hydrogen-bond acceptors (Lipinski definition) is 3. The molecule has 86 valence electrons. The molecule has 1 aliphatic rings. The third-order valence-corrected chi connectivity index (χ3v) is 3.37. The first kappa shape index (κ1) is 12.4. The van der Waals surface area contributed by atoms with Crippen LogP contribution in [0.1, 0.15) is 19.8 Å². The highest BCUT2D eigenvalue weighted by atomic mass is 32.2. The Balaban J connectivity index is 2.31. The highest BCUT2D eigenvalue weighted by Gasteiger charge is 2.23. The minimum atomic E-state index is 0.0410. The Morgan fingerprint density at radius 1 is 1.60 bits per heavy atom. The lowest BCUT2D eigenvalue weighted by Crippen LogP contribution is -2.39. The van der Waals surface area contributed by atoms with E-state index in [1.807, 2.05) is 0 Å². The molecule has 0 saturated carbocycles. The Labute approximate surface area is 95.0 Å². The fourth-order valence-corrected chi connectivity index (χ4v) is 2.25. The summed E-state index contributed by atoms with van der Waals surface area (Å²) in [7, 11) is 1.80. The maximum atomic E-state index is 11.7. The third kappa shape index (κ3) is 3.74. The van der Waals surface area contributed by atoms with Crippen molar-refractivity contribution in [1.82, 2.24) is 9.80 Å². The van der Waals surface area contributed by atoms with Crippen molar-refractivity contribution in [3.05, 3.63) is 0 Å². The maximum Gasteiger partial charge on any atom is 0.241 e. The van der Waals surface area contributed by atoms with Crippen molar-refractivity contribution in [2.24, 2.45) is 0 Å². The van der Waals surface area contributed by atoms with Gasteiger partial charge in [0.1, 0.15) is 6.54 Å². The Morgan fingerprint density at radius 3 is 2.87 bits per heavy atom. The summed E-state index contributed by atoms with van der Waals surface area (Å²) < 4.78 is 0. The minimum Gasteiger partial charge on any atom is -0.344 e. The average molecular weight is 230 g/mol. The van der Waals surface area contributed by atoms with E-state index in [-0.39, 0.29) is 18.4 Å². The molecule has 0 aromatic rings. The first-order valence-corrected chi connectivity index (χ1v) is 6.40. The maximum absolute atomic E-state index is 11.7. The van der Waals surface area contributed by atoms with Crippen LogP contribution in [0, 0.1) is 0 Å². The van der Waals surface area contributed by atoms with Crippen molar-refractivity contribution in [3.8, 4) is 0 Å². The fraction of sp³-hybridized carbons (Fsp3) is 0.800. The van der Waals surface area contributed by atoms with Gasteiger partial charge in [-0.05, 0) is 6.42 Å². The minimum absolute atomic E-state index is 0.0410. The van der Waals surface area contributed by atoms with Crippen LogP contribution < -0.4 is 0 Å². The molecule has 0 aromatic heterocycles. The molecule has 2 amide bonds. The summed E-state index contributed by atoms with van der Waals surface area (Å²) in [6.45, 7) is 3.12. The molecule has 0 aliphatic carbocycles. The molecule has 0 spiro atoms. The first-order valence-electron chi connectivity index (χ1n) is 5.24. The lowest BCUT2D eigenvalue weighted by Gasteiger charge is -2.20. The molecule has 0 unspecified atom stereocenters. The number of nitrogens with zero attached hydrogens (tertiary/aromatic N) is 2. The number of unbranched alkanes of at least 4 members (excludes halogenated alkanes) is 1. The van der Waals surface area contributed by atoms with Gasteiger partial charge in [-0.15, -0.1) is 11.8 Å². The van der Waals surface area contributed by atoms with E-state index in [2.05, 4.69) is 6.92 Å². The largest absolute Gasteiger partial charge is 0.344 e. The summed E-state index contributed by atoms with van der Waals surface area (Å²) in [5, 5.41) is 0. The van der Waals surface area contributed by atoms with E-state index in [0.717, 1.165) is 19.4 Å². The van der Waals surface area contributed by atoms with Gasteiger partial charge >= 0.3 is 0 Å². The van der Waals surface area contributed by atoms with Crippen LogP contribution in [0.15, 0.2) is 0 Å². The number of carbonyl (C=O) groups excluding carboxylic acids is 2. The van der Waals surface area contributed by atoms with Crippen molar-refractivity contribution in [2.45, 2.75) is 19.8 Å². The number of amides is 2. The summed E-state index contributed by atoms with van der Waals surface area (Å²) in [5.74, 6) is 1.30. The zero-order valence-electron chi connectivity index (χ0n) is 9.36. The summed E-state index contributed by atoms with van der Waals surface area (Å²) in [4.78, 5) is 26.3. The zero-order valence-corrected chi connectivity index (χ0v) is 10.2. The van der Waals surface area contributed by atoms with E-state index in [9.17, 15) is 9.59 Å². The number of hydrogen-bond donors (Lipinski definition) is 0. The number of carbonyl (C=O) groups is 2. The van der Waals surface area contributed by atoms with Gasteiger partial charge in [-0.1, -0.05) is 13.3 Å². The van der Waals surface area contributed by atoms with Gasteiger partial charge in [0.15, 0.2) is 0 Å². The van der Waals surface area contributed by atoms with Gasteiger partial charge in [-0.3, -0.25) is 9.59 Å². The average Bonchev–Trinajstić information content (AvgIpc) is 2.61. The molecule has 0 aromatic carbocycles. The standard InChI is InChI=1S/C10H18N2O2S/c1-3-4-5-11(2)9(13)6-12-8-15-7-10(12)14/h3-8H2,1-2H3. The van der Waals surface area contributed by atoms with Crippen molar-refractivity contribution < 1.29 is 9.59 Å². The van der Waals surface area contributed by atoms with E-state index in [1.165, 1.54) is 0 Å². The molecule has 0 N–H and O–H groups in total. The van der Waals surface area contributed by atoms with Crippen molar-refractivity contribution in [2.75, 3.05) is 31.8 Å². The normalized spacial score (nSPS) is 15.9. The lowest BCUT2D eigenvalue weighted by molar-refractivity contribution is -0.137. The number of likely N-dealkylation sites (N-methyl/N-ethyl adjacent to an activating group) is 1. The fourth-order valence-electron chi connectivity index (χ4n) is 1.34. The van der Waals surface area contributed by atoms with Crippen LogP contribution in [0.2, 0.25) is 0 Å². The Hall–Kier alpha value is -0.710. The molecular weight excluding hydrogens is 212 g/mol. The van der Waals surface area contributed by atoms with Gasteiger partial charge in [0.05, 0.1) is 11.6 Å². The highest BCUT2D eigenvalue weighted by molar-refractivity contribution is 8.00. The molecule has 1 heterocycles. The lowest BCUT2D eigenvalue weighted by atomic mass is 10.3. The van der Waals surface area contributed by atoms with Gasteiger partial charge in [-0.2, -0.15) is 0 Å². The van der Waals surface area contributed by atoms with E-state index in [1.54, 1.807) is 28.6 Å². The quantitative estimate of drug-likeness (QED) is 0.700. The van der Waals surface area contributed by atoms with Crippen LogP contribution in [0.3, 0.4) is 0 Å². The van der Waals surface area contributed by atoms with E-state index in [4.69, 9.17) is 0 Å². The SMILES string of the molecule is CCCCN(C)C(=O)CN1CSCC1=O. The van der Waals surface area contributed by atoms with E-state index in [0.29, 0.717) is 11.6 Å². The molecule has 5 heteroatoms. The molecule has 4 nitrogen and oxygen atoms in total. The monoisotopic (exact) mass is 230 g/mol. The summed E-state index contributed by atoms with van der Waals surface area (Å²) in [6, 6.07) is 0. The molecule has 0 bridgehead atoms. The topological polar surface area (TPSA) is 40.6 Å². The van der Waals surface area contributed by atoms with E-state index >= 15 is 0 Å². The molecule has 1 aliphatic heterocycles. The second-order valence-electron chi connectivity index (χ2n) is 3.74. The Morgan fingerprint density at radius 2 is 2.33 bits per heavy atom. The second-order valence-corrected chi connectivity index (χ2v) is 4.69. The van der Waals surface area contributed by atoms with Crippen LogP contribution in [0.5, 0.6) is 0 Å². The van der Waals surface area contributed by atoms with Gasteiger partial charge < -0.3 is 9.80 Å². The molecule has 1 rings (SSSR count). The molecule has 0 radical (unpaired) electrons. The van der Waals surface area contributed by atoms with Gasteiger partial charge in [-0.25, -0.2) is 0 Å². The molecule has 0 atom stereocenters. The third-order valence-electron chi connectivity index (χ3n) is 2.42. The summed E-state index contributed by atoms with van der Waals surface area (Å²) >= 11 is 1.57.